The standard InChI is InChI=1S/C3H7N3O/c4-2(5)1-3(6)7/h1,7H,6H2,(H3,4,5)/b3-1+. The zero-order valence-corrected chi connectivity index (χ0v) is 3.68. The van der Waals surface area contributed by atoms with Crippen molar-refractivity contribution < 1.29 is 5.11 Å². The Kier molecular flexibility index (Phi) is 1.72. The van der Waals surface area contributed by atoms with Crippen LogP contribution in [0.15, 0.2) is 12.0 Å². The van der Waals surface area contributed by atoms with E-state index in [2.05, 4.69) is 5.73 Å². The highest BCUT2D eigenvalue weighted by atomic mass is 16.3. The summed E-state index contributed by atoms with van der Waals surface area (Å²) in [4.78, 5) is 0. The van der Waals surface area contributed by atoms with E-state index in [-0.39, 0.29) is 5.84 Å². The third kappa shape index (κ3) is 4.81. The third-order valence-corrected chi connectivity index (χ3v) is 0.303. The van der Waals surface area contributed by atoms with Crippen LogP contribution in [-0.2, 0) is 0 Å². The van der Waals surface area contributed by atoms with Crippen molar-refractivity contribution in [2.24, 2.45) is 11.5 Å². The topological polar surface area (TPSA) is 96.1 Å². The molecule has 0 aromatic rings. The van der Waals surface area contributed by atoms with E-state index in [4.69, 9.17) is 16.2 Å². The first-order valence-electron chi connectivity index (χ1n) is 1.63. The number of rotatable bonds is 1. The molecule has 0 atom stereocenters. The van der Waals surface area contributed by atoms with Crippen LogP contribution >= 0.6 is 0 Å². The largest absolute Gasteiger partial charge is 0.495 e. The Bertz CT molecular complexity index is 103. The molecule has 0 amide bonds. The minimum Gasteiger partial charge on any atom is -0.495 e. The second kappa shape index (κ2) is 2.07. The Balaban J connectivity index is 3.68. The summed E-state index contributed by atoms with van der Waals surface area (Å²) in [6.45, 7) is 0. The van der Waals surface area contributed by atoms with Crippen molar-refractivity contribution in [3.8, 4) is 0 Å². The highest BCUT2D eigenvalue weighted by molar-refractivity contribution is 5.88. The minimum absolute atomic E-state index is 0.250. The molecule has 0 aliphatic heterocycles. The van der Waals surface area contributed by atoms with E-state index in [0.29, 0.717) is 0 Å². The van der Waals surface area contributed by atoms with Crippen LogP contribution in [0.1, 0.15) is 0 Å². The molecule has 4 nitrogen and oxygen atoms in total. The van der Waals surface area contributed by atoms with Gasteiger partial charge in [0.05, 0.1) is 0 Å². The van der Waals surface area contributed by atoms with E-state index >= 15 is 0 Å². The lowest BCUT2D eigenvalue weighted by Gasteiger charge is -1.84. The van der Waals surface area contributed by atoms with Crippen molar-refractivity contribution >= 4 is 5.84 Å². The van der Waals surface area contributed by atoms with Crippen LogP contribution in [0, 0.1) is 5.41 Å². The van der Waals surface area contributed by atoms with E-state index in [0.717, 1.165) is 6.08 Å². The van der Waals surface area contributed by atoms with Gasteiger partial charge >= 0.3 is 0 Å². The van der Waals surface area contributed by atoms with Gasteiger partial charge in [0.25, 0.3) is 0 Å². The zero-order valence-electron chi connectivity index (χ0n) is 3.68. The van der Waals surface area contributed by atoms with Crippen molar-refractivity contribution in [1.29, 1.82) is 5.41 Å². The molecule has 0 fully saturated rings. The van der Waals surface area contributed by atoms with Crippen LogP contribution in [0.2, 0.25) is 0 Å². The van der Waals surface area contributed by atoms with Gasteiger partial charge in [0, 0.05) is 6.08 Å². The lowest BCUT2D eigenvalue weighted by atomic mass is 10.5. The van der Waals surface area contributed by atoms with Crippen LogP contribution in [0.4, 0.5) is 0 Å². The van der Waals surface area contributed by atoms with E-state index in [1.165, 1.54) is 0 Å². The number of hydrogen-bond acceptors (Lipinski definition) is 3. The number of hydrogen-bond donors (Lipinski definition) is 4. The number of aliphatic hydroxyl groups is 1. The van der Waals surface area contributed by atoms with Crippen molar-refractivity contribution in [2.75, 3.05) is 0 Å². The minimum atomic E-state index is -0.437. The summed E-state index contributed by atoms with van der Waals surface area (Å²) < 4.78 is 0. The molecule has 0 aromatic carbocycles. The van der Waals surface area contributed by atoms with Crippen LogP contribution < -0.4 is 11.5 Å². The van der Waals surface area contributed by atoms with Crippen molar-refractivity contribution in [1.82, 2.24) is 0 Å². The monoisotopic (exact) mass is 101 g/mol. The molecule has 0 saturated carbocycles. The smallest absolute Gasteiger partial charge is 0.185 e. The van der Waals surface area contributed by atoms with E-state index in [1.807, 2.05) is 0 Å². The fraction of sp³-hybridized carbons (Fsp3) is 0. The second-order valence-corrected chi connectivity index (χ2v) is 1.02. The summed E-state index contributed by atoms with van der Waals surface area (Å²) >= 11 is 0. The first kappa shape index (κ1) is 5.81. The van der Waals surface area contributed by atoms with Gasteiger partial charge in [-0.1, -0.05) is 0 Å². The average Bonchev–Trinajstić information content (AvgIpc) is 1.27. The number of nitrogens with two attached hydrogens (primary N) is 2. The Morgan fingerprint density at radius 2 is 2.00 bits per heavy atom. The molecule has 0 rings (SSSR count). The molecular formula is C3H7N3O. The molecule has 7 heavy (non-hydrogen) atoms. The molecule has 0 radical (unpaired) electrons. The normalized spacial score (nSPS) is 11.1. The Morgan fingerprint density at radius 3 is 2.00 bits per heavy atom. The molecule has 0 unspecified atom stereocenters. The van der Waals surface area contributed by atoms with Crippen molar-refractivity contribution in [3.63, 3.8) is 0 Å². The molecule has 0 heterocycles. The number of nitrogens with one attached hydrogen (secondary N) is 1. The summed E-state index contributed by atoms with van der Waals surface area (Å²) in [6.07, 6.45) is 0.944. The lowest BCUT2D eigenvalue weighted by molar-refractivity contribution is 0.406. The molecule has 0 aliphatic carbocycles. The van der Waals surface area contributed by atoms with Crippen molar-refractivity contribution in [2.45, 2.75) is 0 Å². The predicted molar refractivity (Wildman–Crippen MR) is 26.8 cm³/mol. The van der Waals surface area contributed by atoms with Crippen molar-refractivity contribution in [3.05, 3.63) is 12.0 Å². The van der Waals surface area contributed by atoms with Gasteiger partial charge in [-0.05, 0) is 0 Å². The molecular weight excluding hydrogens is 94.1 g/mol. The van der Waals surface area contributed by atoms with Gasteiger partial charge in [0.1, 0.15) is 5.84 Å². The van der Waals surface area contributed by atoms with E-state index in [1.54, 1.807) is 0 Å². The molecule has 0 bridgehead atoms. The van der Waals surface area contributed by atoms with Crippen LogP contribution in [0.25, 0.3) is 0 Å². The molecule has 6 N–H and O–H groups in total. The summed E-state index contributed by atoms with van der Waals surface area (Å²) in [5.41, 5.74) is 9.45. The number of aliphatic hydroxyl groups excluding tert-OH is 1. The van der Waals surface area contributed by atoms with Gasteiger partial charge in [-0.3, -0.25) is 5.41 Å². The summed E-state index contributed by atoms with van der Waals surface area (Å²) in [5, 5.41) is 14.6. The zero-order chi connectivity index (χ0) is 5.86. The van der Waals surface area contributed by atoms with Gasteiger partial charge in [-0.2, -0.15) is 0 Å². The maximum Gasteiger partial charge on any atom is 0.185 e. The maximum absolute atomic E-state index is 8.14. The molecule has 4 heteroatoms. The fourth-order valence-corrected chi connectivity index (χ4v) is 0.159. The Hall–Kier alpha value is -1.19. The first-order valence-corrected chi connectivity index (χ1v) is 1.63. The summed E-state index contributed by atoms with van der Waals surface area (Å²) in [7, 11) is 0. The number of amidine groups is 1. The lowest BCUT2D eigenvalue weighted by Crippen LogP contribution is -2.08. The summed E-state index contributed by atoms with van der Waals surface area (Å²) in [6, 6.07) is 0. The second-order valence-electron chi connectivity index (χ2n) is 1.02. The first-order chi connectivity index (χ1) is 3.13. The van der Waals surface area contributed by atoms with Crippen LogP contribution in [0.5, 0.6) is 0 Å². The quantitative estimate of drug-likeness (QED) is 0.199. The van der Waals surface area contributed by atoms with Gasteiger partial charge in [-0.15, -0.1) is 0 Å². The SMILES string of the molecule is N=C(N)/C=C(\N)O. The highest BCUT2D eigenvalue weighted by Gasteiger charge is 1.79. The van der Waals surface area contributed by atoms with Gasteiger partial charge in [-0.25, -0.2) is 0 Å². The Labute approximate surface area is 40.9 Å². The maximum atomic E-state index is 8.14. The molecule has 0 saturated heterocycles. The van der Waals surface area contributed by atoms with E-state index < -0.39 is 5.88 Å². The van der Waals surface area contributed by atoms with Gasteiger partial charge in [0.2, 0.25) is 0 Å². The average molecular weight is 101 g/mol. The molecule has 0 aromatic heterocycles. The fourth-order valence-electron chi connectivity index (χ4n) is 0.159. The van der Waals surface area contributed by atoms with E-state index in [9.17, 15) is 0 Å². The van der Waals surface area contributed by atoms with Gasteiger partial charge < -0.3 is 16.6 Å². The van der Waals surface area contributed by atoms with Crippen LogP contribution in [-0.4, -0.2) is 10.9 Å². The predicted octanol–water partition coefficient (Wildman–Crippen LogP) is -0.720. The third-order valence-electron chi connectivity index (χ3n) is 0.303. The highest BCUT2D eigenvalue weighted by Crippen LogP contribution is 1.69. The molecule has 0 spiro atoms. The Morgan fingerprint density at radius 1 is 1.57 bits per heavy atom. The molecule has 40 valence electrons. The molecule has 0 aliphatic rings. The summed E-state index contributed by atoms with van der Waals surface area (Å²) in [5.74, 6) is -0.687. The van der Waals surface area contributed by atoms with Gasteiger partial charge in [0.15, 0.2) is 5.88 Å². The van der Waals surface area contributed by atoms with Crippen LogP contribution in [0.3, 0.4) is 0 Å².